The molecule has 0 saturated heterocycles. The Bertz CT molecular complexity index is 619. The number of hydrogen-bond donors (Lipinski definition) is 3. The topological polar surface area (TPSA) is 61.4 Å². The Morgan fingerprint density at radius 2 is 1.80 bits per heavy atom. The maximum absolute atomic E-state index is 11.6. The van der Waals surface area contributed by atoms with Crippen LogP contribution >= 0.6 is 0 Å². The van der Waals surface area contributed by atoms with Crippen LogP contribution in [0.25, 0.3) is 6.08 Å². The first-order valence-electron chi connectivity index (χ1n) is 6.24. The van der Waals surface area contributed by atoms with Gasteiger partial charge in [-0.05, 0) is 30.7 Å². The predicted octanol–water partition coefficient (Wildman–Crippen LogP) is 3.49. The molecular weight excluding hydrogens is 252 g/mol. The lowest BCUT2D eigenvalue weighted by molar-refractivity contribution is 0.255. The zero-order valence-electron chi connectivity index (χ0n) is 11.1. The van der Waals surface area contributed by atoms with E-state index < -0.39 is 6.03 Å². The molecule has 2 aromatic rings. The van der Waals surface area contributed by atoms with Crippen molar-refractivity contribution in [3.05, 3.63) is 65.9 Å². The molecule has 4 heteroatoms. The first-order chi connectivity index (χ1) is 9.65. The molecule has 0 atom stereocenters. The molecular formula is C16H16N2O2. The van der Waals surface area contributed by atoms with E-state index in [9.17, 15) is 9.90 Å². The minimum Gasteiger partial charge on any atom is -0.506 e. The number of aryl methyl sites for hydroxylation is 1. The van der Waals surface area contributed by atoms with Crippen LogP contribution in [0.1, 0.15) is 11.1 Å². The number of carbonyl (C=O) groups is 1. The lowest BCUT2D eigenvalue weighted by Gasteiger charge is -2.06. The van der Waals surface area contributed by atoms with Crippen molar-refractivity contribution >= 4 is 17.8 Å². The molecule has 2 aromatic carbocycles. The molecule has 0 aliphatic rings. The third-order valence-corrected chi connectivity index (χ3v) is 2.72. The summed E-state index contributed by atoms with van der Waals surface area (Å²) in [6.45, 7) is 2.02. The van der Waals surface area contributed by atoms with Crippen LogP contribution in [0.5, 0.6) is 5.75 Å². The Labute approximate surface area is 117 Å². The van der Waals surface area contributed by atoms with Crippen molar-refractivity contribution in [2.24, 2.45) is 0 Å². The summed E-state index contributed by atoms with van der Waals surface area (Å²) in [5.74, 6) is 0.0326. The molecule has 0 heterocycles. The van der Waals surface area contributed by atoms with Gasteiger partial charge in [0.1, 0.15) is 5.75 Å². The zero-order chi connectivity index (χ0) is 14.4. The van der Waals surface area contributed by atoms with Gasteiger partial charge in [0.25, 0.3) is 0 Å². The van der Waals surface area contributed by atoms with Crippen LogP contribution in [0.3, 0.4) is 0 Å². The molecule has 0 aliphatic carbocycles. The van der Waals surface area contributed by atoms with Crippen molar-refractivity contribution in [2.75, 3.05) is 5.32 Å². The number of carbonyl (C=O) groups excluding carboxylic acids is 1. The van der Waals surface area contributed by atoms with Crippen molar-refractivity contribution < 1.29 is 9.90 Å². The Kier molecular flexibility index (Phi) is 4.39. The van der Waals surface area contributed by atoms with Crippen LogP contribution in [-0.2, 0) is 0 Å². The molecule has 2 rings (SSSR count). The van der Waals surface area contributed by atoms with E-state index in [4.69, 9.17) is 0 Å². The average Bonchev–Trinajstić information content (AvgIpc) is 2.44. The number of phenolic OH excluding ortho intramolecular Hbond substituents is 1. The van der Waals surface area contributed by atoms with Gasteiger partial charge < -0.3 is 15.7 Å². The molecule has 0 unspecified atom stereocenters. The molecule has 0 aromatic heterocycles. The quantitative estimate of drug-likeness (QED) is 0.746. The number of aromatic hydroxyl groups is 1. The van der Waals surface area contributed by atoms with E-state index in [2.05, 4.69) is 10.6 Å². The lowest BCUT2D eigenvalue weighted by atomic mass is 10.1. The predicted molar refractivity (Wildman–Crippen MR) is 80.5 cm³/mol. The highest BCUT2D eigenvalue weighted by molar-refractivity contribution is 5.91. The summed E-state index contributed by atoms with van der Waals surface area (Å²) in [6, 6.07) is 14.1. The second-order valence-corrected chi connectivity index (χ2v) is 4.36. The number of para-hydroxylation sites is 2. The molecule has 2 amide bonds. The Morgan fingerprint density at radius 3 is 2.50 bits per heavy atom. The minimum absolute atomic E-state index is 0.0326. The van der Waals surface area contributed by atoms with Gasteiger partial charge in [-0.3, -0.25) is 0 Å². The van der Waals surface area contributed by atoms with E-state index in [0.29, 0.717) is 5.69 Å². The number of amides is 2. The van der Waals surface area contributed by atoms with E-state index in [1.807, 2.05) is 31.2 Å². The second-order valence-electron chi connectivity index (χ2n) is 4.36. The molecule has 0 saturated carbocycles. The number of phenols is 1. The maximum atomic E-state index is 11.6. The molecule has 102 valence electrons. The van der Waals surface area contributed by atoms with E-state index in [-0.39, 0.29) is 5.75 Å². The normalized spacial score (nSPS) is 10.4. The van der Waals surface area contributed by atoms with Gasteiger partial charge in [0.05, 0.1) is 5.69 Å². The monoisotopic (exact) mass is 268 g/mol. The van der Waals surface area contributed by atoms with Crippen molar-refractivity contribution in [1.82, 2.24) is 5.32 Å². The average molecular weight is 268 g/mol. The van der Waals surface area contributed by atoms with Gasteiger partial charge in [0, 0.05) is 6.20 Å². The number of rotatable bonds is 3. The first-order valence-corrected chi connectivity index (χ1v) is 6.24. The largest absolute Gasteiger partial charge is 0.506 e. The van der Waals surface area contributed by atoms with Crippen molar-refractivity contribution in [3.63, 3.8) is 0 Å². The molecule has 0 radical (unpaired) electrons. The number of hydrogen-bond acceptors (Lipinski definition) is 2. The fraction of sp³-hybridized carbons (Fsp3) is 0.0625. The number of benzene rings is 2. The fourth-order valence-electron chi connectivity index (χ4n) is 1.63. The minimum atomic E-state index is -0.408. The van der Waals surface area contributed by atoms with E-state index >= 15 is 0 Å². The van der Waals surface area contributed by atoms with Crippen molar-refractivity contribution in [2.45, 2.75) is 6.92 Å². The number of urea groups is 1. The molecule has 20 heavy (non-hydrogen) atoms. The summed E-state index contributed by atoms with van der Waals surface area (Å²) in [5, 5.41) is 14.7. The highest BCUT2D eigenvalue weighted by Crippen LogP contribution is 2.21. The van der Waals surface area contributed by atoms with Crippen LogP contribution in [0.2, 0.25) is 0 Å². The first kappa shape index (κ1) is 13.7. The summed E-state index contributed by atoms with van der Waals surface area (Å²) in [4.78, 5) is 11.6. The number of nitrogens with one attached hydrogen (secondary N) is 2. The maximum Gasteiger partial charge on any atom is 0.323 e. The zero-order valence-corrected chi connectivity index (χ0v) is 11.1. The molecule has 3 N–H and O–H groups in total. The summed E-state index contributed by atoms with van der Waals surface area (Å²) in [7, 11) is 0. The van der Waals surface area contributed by atoms with Crippen LogP contribution < -0.4 is 10.6 Å². The van der Waals surface area contributed by atoms with Gasteiger partial charge in [-0.1, -0.05) is 42.0 Å². The highest BCUT2D eigenvalue weighted by atomic mass is 16.3. The fourth-order valence-corrected chi connectivity index (χ4v) is 1.63. The van der Waals surface area contributed by atoms with Crippen molar-refractivity contribution in [3.8, 4) is 5.75 Å². The van der Waals surface area contributed by atoms with Gasteiger partial charge in [-0.15, -0.1) is 0 Å². The summed E-state index contributed by atoms with van der Waals surface area (Å²) in [5.41, 5.74) is 2.56. The lowest BCUT2D eigenvalue weighted by Crippen LogP contribution is -2.23. The number of anilines is 1. The van der Waals surface area contributed by atoms with Crippen LogP contribution in [0.4, 0.5) is 10.5 Å². The summed E-state index contributed by atoms with van der Waals surface area (Å²) >= 11 is 0. The Hall–Kier alpha value is -2.75. The molecule has 0 fully saturated rings. The van der Waals surface area contributed by atoms with Crippen LogP contribution in [0, 0.1) is 6.92 Å². The van der Waals surface area contributed by atoms with E-state index in [1.54, 1.807) is 30.5 Å². The Balaban J connectivity index is 1.89. The van der Waals surface area contributed by atoms with Gasteiger partial charge in [0.15, 0.2) is 0 Å². The van der Waals surface area contributed by atoms with Gasteiger partial charge in [-0.2, -0.15) is 0 Å². The SMILES string of the molecule is Cc1ccc(/C=C/NC(=O)Nc2ccccc2O)cc1. The van der Waals surface area contributed by atoms with Gasteiger partial charge in [0.2, 0.25) is 0 Å². The highest BCUT2D eigenvalue weighted by Gasteiger charge is 2.02. The van der Waals surface area contributed by atoms with Gasteiger partial charge >= 0.3 is 6.03 Å². The molecule has 0 bridgehead atoms. The third kappa shape index (κ3) is 3.88. The standard InChI is InChI=1S/C16H16N2O2/c1-12-6-8-13(9-7-12)10-11-17-16(20)18-14-4-2-3-5-15(14)19/h2-11,19H,1H3,(H2,17,18,20)/b11-10+. The smallest absolute Gasteiger partial charge is 0.323 e. The van der Waals surface area contributed by atoms with Crippen LogP contribution in [0.15, 0.2) is 54.7 Å². The van der Waals surface area contributed by atoms with Gasteiger partial charge in [-0.25, -0.2) is 4.79 Å². The van der Waals surface area contributed by atoms with E-state index in [0.717, 1.165) is 5.56 Å². The van der Waals surface area contributed by atoms with Crippen molar-refractivity contribution in [1.29, 1.82) is 0 Å². The molecule has 0 spiro atoms. The van der Waals surface area contributed by atoms with Crippen LogP contribution in [-0.4, -0.2) is 11.1 Å². The van der Waals surface area contributed by atoms with E-state index in [1.165, 1.54) is 11.6 Å². The molecule has 4 nitrogen and oxygen atoms in total. The molecule has 0 aliphatic heterocycles. The summed E-state index contributed by atoms with van der Waals surface area (Å²) in [6.07, 6.45) is 3.35. The second kappa shape index (κ2) is 6.43. The Morgan fingerprint density at radius 1 is 1.10 bits per heavy atom. The third-order valence-electron chi connectivity index (χ3n) is 2.72. The summed E-state index contributed by atoms with van der Waals surface area (Å²) < 4.78 is 0.